The Morgan fingerprint density at radius 3 is 2.40 bits per heavy atom. The molecular weight excluding hydrogens is 340 g/mol. The maximum atomic E-state index is 13.9. The number of nitrogens with one attached hydrogen (secondary N) is 2. The first-order chi connectivity index (χ1) is 11.7. The summed E-state index contributed by atoms with van der Waals surface area (Å²) in [6.45, 7) is 0. The van der Waals surface area contributed by atoms with Gasteiger partial charge in [-0.2, -0.15) is 13.2 Å². The number of halogens is 4. The highest BCUT2D eigenvalue weighted by Crippen LogP contribution is 2.37. The van der Waals surface area contributed by atoms with Crippen molar-refractivity contribution in [2.24, 2.45) is 5.92 Å². The summed E-state index contributed by atoms with van der Waals surface area (Å²) in [6, 6.07) is 1.77. The molecule has 1 atom stereocenters. The maximum Gasteiger partial charge on any atom is 0.419 e. The number of carbonyl (C=O) groups excluding carboxylic acids is 2. The highest BCUT2D eigenvalue weighted by molar-refractivity contribution is 5.97. The number of rotatable bonds is 4. The van der Waals surface area contributed by atoms with E-state index in [1.807, 2.05) is 0 Å². The normalized spacial score (nSPS) is 16.5. The average Bonchev–Trinajstić information content (AvgIpc) is 3.04. The summed E-state index contributed by atoms with van der Waals surface area (Å²) < 4.78 is 52.0. The van der Waals surface area contributed by atoms with Crippen molar-refractivity contribution in [1.82, 2.24) is 10.6 Å². The van der Waals surface area contributed by atoms with Gasteiger partial charge in [-0.05, 0) is 30.0 Å². The average molecular weight is 360 g/mol. The van der Waals surface area contributed by atoms with Gasteiger partial charge in [0, 0.05) is 7.05 Å². The third kappa shape index (κ3) is 4.93. The predicted molar refractivity (Wildman–Crippen MR) is 83.3 cm³/mol. The molecule has 1 saturated carbocycles. The molecule has 1 aromatic carbocycles. The number of hydrogen-bond donors (Lipinski definition) is 2. The second-order valence-electron chi connectivity index (χ2n) is 6.24. The number of hydrogen-bond acceptors (Lipinski definition) is 2. The standard InChI is InChI=1S/C17H20F4N2O2/c1-22-16(25)23-15(24)12(8-10-4-2-3-5-10)11-6-7-13(14(18)9-11)17(19,20)21/h6-7,9-10,12H,2-5,8H2,1H3,(H2,22,23,24,25). The fourth-order valence-electron chi connectivity index (χ4n) is 3.21. The predicted octanol–water partition coefficient (Wildman–Crippen LogP) is 3.96. The molecule has 1 unspecified atom stereocenters. The van der Waals surface area contributed by atoms with E-state index in [0.717, 1.165) is 37.8 Å². The lowest BCUT2D eigenvalue weighted by molar-refractivity contribution is -0.140. The lowest BCUT2D eigenvalue weighted by Gasteiger charge is -2.21. The van der Waals surface area contributed by atoms with Gasteiger partial charge in [-0.1, -0.05) is 31.7 Å². The molecule has 2 rings (SSSR count). The van der Waals surface area contributed by atoms with Gasteiger partial charge in [0.05, 0.1) is 11.5 Å². The van der Waals surface area contributed by atoms with E-state index in [4.69, 9.17) is 0 Å². The molecule has 0 spiro atoms. The number of urea groups is 1. The third-order valence-electron chi connectivity index (χ3n) is 4.52. The molecule has 1 fully saturated rings. The minimum absolute atomic E-state index is 0.138. The molecular formula is C17H20F4N2O2. The summed E-state index contributed by atoms with van der Waals surface area (Å²) in [5.74, 6) is -2.72. The Morgan fingerprint density at radius 1 is 1.24 bits per heavy atom. The summed E-state index contributed by atoms with van der Waals surface area (Å²) in [5.41, 5.74) is -1.23. The number of carbonyl (C=O) groups is 2. The second kappa shape index (κ2) is 7.84. The minimum Gasteiger partial charge on any atom is -0.341 e. The molecule has 0 radical (unpaired) electrons. The lowest BCUT2D eigenvalue weighted by Crippen LogP contribution is -2.40. The van der Waals surface area contributed by atoms with E-state index in [-0.39, 0.29) is 11.5 Å². The van der Waals surface area contributed by atoms with Crippen LogP contribution in [0, 0.1) is 11.7 Å². The summed E-state index contributed by atoms with van der Waals surface area (Å²) in [5, 5.41) is 4.38. The first-order valence-corrected chi connectivity index (χ1v) is 8.11. The van der Waals surface area contributed by atoms with E-state index < -0.39 is 35.4 Å². The van der Waals surface area contributed by atoms with Crippen molar-refractivity contribution < 1.29 is 27.2 Å². The molecule has 3 amide bonds. The van der Waals surface area contributed by atoms with Gasteiger partial charge in [-0.15, -0.1) is 0 Å². The fraction of sp³-hybridized carbons (Fsp3) is 0.529. The Bertz CT molecular complexity index is 640. The number of benzene rings is 1. The number of imide groups is 1. The van der Waals surface area contributed by atoms with E-state index in [0.29, 0.717) is 12.5 Å². The molecule has 1 aliphatic carbocycles. The molecule has 1 aromatic rings. The van der Waals surface area contributed by atoms with Gasteiger partial charge in [0.25, 0.3) is 0 Å². The smallest absolute Gasteiger partial charge is 0.341 e. The van der Waals surface area contributed by atoms with Crippen LogP contribution in [-0.2, 0) is 11.0 Å². The van der Waals surface area contributed by atoms with Crippen LogP contribution in [0.3, 0.4) is 0 Å². The molecule has 0 aromatic heterocycles. The fourth-order valence-corrected chi connectivity index (χ4v) is 3.21. The van der Waals surface area contributed by atoms with E-state index in [2.05, 4.69) is 10.6 Å². The summed E-state index contributed by atoms with van der Waals surface area (Å²) in [7, 11) is 1.34. The van der Waals surface area contributed by atoms with E-state index in [1.165, 1.54) is 7.05 Å². The Hall–Kier alpha value is -2.12. The zero-order chi connectivity index (χ0) is 18.6. The number of alkyl halides is 3. The molecule has 0 heterocycles. The van der Waals surface area contributed by atoms with Gasteiger partial charge >= 0.3 is 12.2 Å². The van der Waals surface area contributed by atoms with Gasteiger partial charge in [0.1, 0.15) is 5.82 Å². The van der Waals surface area contributed by atoms with Gasteiger partial charge < -0.3 is 5.32 Å². The first kappa shape index (κ1) is 19.2. The van der Waals surface area contributed by atoms with Crippen LogP contribution in [0.25, 0.3) is 0 Å². The van der Waals surface area contributed by atoms with E-state index in [9.17, 15) is 27.2 Å². The third-order valence-corrected chi connectivity index (χ3v) is 4.52. The molecule has 2 N–H and O–H groups in total. The van der Waals surface area contributed by atoms with E-state index >= 15 is 0 Å². The zero-order valence-electron chi connectivity index (χ0n) is 13.8. The molecule has 1 aliphatic rings. The van der Waals surface area contributed by atoms with Gasteiger partial charge in [0.15, 0.2) is 0 Å². The van der Waals surface area contributed by atoms with Crippen molar-refractivity contribution in [1.29, 1.82) is 0 Å². The maximum absolute atomic E-state index is 13.9. The Balaban J connectivity index is 2.28. The Kier molecular flexibility index (Phi) is 6.02. The number of amides is 3. The van der Waals surface area contributed by atoms with Gasteiger partial charge in [-0.3, -0.25) is 10.1 Å². The van der Waals surface area contributed by atoms with Crippen LogP contribution in [0.2, 0.25) is 0 Å². The first-order valence-electron chi connectivity index (χ1n) is 8.11. The van der Waals surface area contributed by atoms with Crippen LogP contribution in [0.15, 0.2) is 18.2 Å². The van der Waals surface area contributed by atoms with Crippen LogP contribution in [0.4, 0.5) is 22.4 Å². The lowest BCUT2D eigenvalue weighted by atomic mass is 9.86. The zero-order valence-corrected chi connectivity index (χ0v) is 13.8. The van der Waals surface area contributed by atoms with Crippen molar-refractivity contribution in [3.05, 3.63) is 35.1 Å². The van der Waals surface area contributed by atoms with Crippen molar-refractivity contribution in [2.75, 3.05) is 7.05 Å². The largest absolute Gasteiger partial charge is 0.419 e. The van der Waals surface area contributed by atoms with Crippen LogP contribution >= 0.6 is 0 Å². The van der Waals surface area contributed by atoms with Gasteiger partial charge in [0.2, 0.25) is 5.91 Å². The van der Waals surface area contributed by atoms with E-state index in [1.54, 1.807) is 0 Å². The molecule has 0 saturated heterocycles. The monoisotopic (exact) mass is 360 g/mol. The van der Waals surface area contributed by atoms with Gasteiger partial charge in [-0.25, -0.2) is 9.18 Å². The summed E-state index contributed by atoms with van der Waals surface area (Å²) in [6.07, 6.45) is -0.563. The van der Waals surface area contributed by atoms with Crippen LogP contribution in [0.5, 0.6) is 0 Å². The van der Waals surface area contributed by atoms with Crippen LogP contribution in [-0.4, -0.2) is 19.0 Å². The van der Waals surface area contributed by atoms with Crippen molar-refractivity contribution in [3.63, 3.8) is 0 Å². The molecule has 8 heteroatoms. The molecule has 0 bridgehead atoms. The van der Waals surface area contributed by atoms with Crippen molar-refractivity contribution in [2.45, 2.75) is 44.2 Å². The molecule has 25 heavy (non-hydrogen) atoms. The molecule has 138 valence electrons. The van der Waals surface area contributed by atoms with Crippen molar-refractivity contribution in [3.8, 4) is 0 Å². The quantitative estimate of drug-likeness (QED) is 0.799. The Morgan fingerprint density at radius 2 is 1.88 bits per heavy atom. The topological polar surface area (TPSA) is 58.2 Å². The van der Waals surface area contributed by atoms with Crippen molar-refractivity contribution >= 4 is 11.9 Å². The molecule has 4 nitrogen and oxygen atoms in total. The summed E-state index contributed by atoms with van der Waals surface area (Å²) in [4.78, 5) is 23.8. The van der Waals surface area contributed by atoms with Crippen LogP contribution < -0.4 is 10.6 Å². The highest BCUT2D eigenvalue weighted by Gasteiger charge is 2.35. The summed E-state index contributed by atoms with van der Waals surface area (Å²) >= 11 is 0. The molecule has 0 aliphatic heterocycles. The minimum atomic E-state index is -4.80. The second-order valence-corrected chi connectivity index (χ2v) is 6.24. The Labute approximate surface area is 143 Å². The SMILES string of the molecule is CNC(=O)NC(=O)C(CC1CCCC1)c1ccc(C(F)(F)F)c(F)c1. The van der Waals surface area contributed by atoms with Crippen LogP contribution in [0.1, 0.15) is 49.1 Å². The highest BCUT2D eigenvalue weighted by atomic mass is 19.4.